The summed E-state index contributed by atoms with van der Waals surface area (Å²) < 4.78 is 0. The summed E-state index contributed by atoms with van der Waals surface area (Å²) in [5.74, 6) is 5.32. The molecule has 1 saturated heterocycles. The van der Waals surface area contributed by atoms with E-state index in [9.17, 15) is 9.59 Å². The molecule has 19 heavy (non-hydrogen) atoms. The number of benzene rings is 1. The van der Waals surface area contributed by atoms with Crippen molar-refractivity contribution < 1.29 is 9.59 Å². The number of hydrogen-bond donors (Lipinski definition) is 3. The van der Waals surface area contributed by atoms with E-state index in [1.165, 1.54) is 6.07 Å². The minimum Gasteiger partial charge on any atom is -0.298 e. The first kappa shape index (κ1) is 13.5. The van der Waals surface area contributed by atoms with Gasteiger partial charge in [-0.2, -0.15) is 0 Å². The minimum atomic E-state index is -0.519. The van der Waals surface area contributed by atoms with E-state index >= 15 is 0 Å². The number of rotatable bonds is 3. The fourth-order valence-corrected chi connectivity index (χ4v) is 2.38. The Morgan fingerprint density at radius 2 is 2.42 bits per heavy atom. The number of thioether (sulfide) groups is 1. The van der Waals surface area contributed by atoms with Crippen molar-refractivity contribution in [3.63, 3.8) is 0 Å². The summed E-state index contributed by atoms with van der Waals surface area (Å²) in [7, 11) is 1.85. The molecule has 8 heteroatoms. The number of nitrogens with zero attached hydrogens (tertiary/aromatic N) is 2. The maximum Gasteiger partial charge on any atom is 0.265 e. The highest BCUT2D eigenvalue weighted by atomic mass is 32.2. The van der Waals surface area contributed by atoms with Crippen LogP contribution in [0.5, 0.6) is 0 Å². The Hall–Kier alpha value is -1.90. The lowest BCUT2D eigenvalue weighted by Crippen LogP contribution is -2.30. The first-order valence-corrected chi connectivity index (χ1v) is 6.43. The van der Waals surface area contributed by atoms with Gasteiger partial charge in [-0.05, 0) is 18.2 Å². The predicted molar refractivity (Wildman–Crippen MR) is 73.9 cm³/mol. The van der Waals surface area contributed by atoms with Gasteiger partial charge in [0, 0.05) is 12.6 Å². The Labute approximate surface area is 114 Å². The molecular formula is C11H13N5O2S. The first-order chi connectivity index (χ1) is 9.15. The van der Waals surface area contributed by atoms with Crippen LogP contribution in [-0.4, -0.2) is 35.3 Å². The molecule has 1 aliphatic heterocycles. The third kappa shape index (κ3) is 2.92. The molecular weight excluding hydrogens is 266 g/mol. The number of hydrazine groups is 2. The number of nitrogens with two attached hydrogens (primary N) is 1. The van der Waals surface area contributed by atoms with Crippen molar-refractivity contribution in [1.82, 2.24) is 15.9 Å². The van der Waals surface area contributed by atoms with E-state index in [2.05, 4.69) is 10.4 Å². The van der Waals surface area contributed by atoms with Gasteiger partial charge in [-0.15, -0.1) is 0 Å². The summed E-state index contributed by atoms with van der Waals surface area (Å²) in [5, 5.41) is 2.58. The zero-order valence-electron chi connectivity index (χ0n) is 10.2. The molecule has 4 N–H and O–H groups in total. The number of nitrogens with one attached hydrogen (secondary N) is 2. The third-order valence-electron chi connectivity index (χ3n) is 2.55. The average molecular weight is 279 g/mol. The number of hydrogen-bond acceptors (Lipinski definition) is 6. The van der Waals surface area contributed by atoms with Gasteiger partial charge in [-0.1, -0.05) is 11.8 Å². The average Bonchev–Trinajstić information content (AvgIpc) is 2.83. The number of nitrogen functional groups attached to an aromatic ring is 1. The number of aldehydes is 1. The topological polar surface area (TPSA) is 99.8 Å². The monoisotopic (exact) mass is 279 g/mol. The van der Waals surface area contributed by atoms with Crippen molar-refractivity contribution in [2.75, 3.05) is 12.9 Å². The van der Waals surface area contributed by atoms with Gasteiger partial charge in [0.25, 0.3) is 5.91 Å². The molecule has 1 aromatic carbocycles. The van der Waals surface area contributed by atoms with Gasteiger partial charge < -0.3 is 0 Å². The van der Waals surface area contributed by atoms with E-state index < -0.39 is 5.91 Å². The molecule has 100 valence electrons. The lowest BCUT2D eigenvalue weighted by molar-refractivity contribution is 0.0948. The minimum absolute atomic E-state index is 0.206. The second-order valence-electron chi connectivity index (χ2n) is 3.76. The number of carbonyl (C=O) groups excluding carboxylic acids is 2. The van der Waals surface area contributed by atoms with Crippen molar-refractivity contribution in [3.8, 4) is 0 Å². The van der Waals surface area contributed by atoms with Crippen molar-refractivity contribution in [1.29, 1.82) is 0 Å². The summed E-state index contributed by atoms with van der Waals surface area (Å²) in [5.41, 5.74) is 6.15. The van der Waals surface area contributed by atoms with Crippen LogP contribution in [0.1, 0.15) is 20.7 Å². The summed E-state index contributed by atoms with van der Waals surface area (Å²) in [6.07, 6.45) is 0.611. The maximum atomic E-state index is 11.6. The van der Waals surface area contributed by atoms with Gasteiger partial charge in [0.1, 0.15) is 0 Å². The van der Waals surface area contributed by atoms with Crippen LogP contribution in [0.4, 0.5) is 5.69 Å². The highest BCUT2D eigenvalue weighted by molar-refractivity contribution is 8.14. The SMILES string of the molecule is CN1NCSC1=Nc1ccc(C=O)c(C(=O)NN)c1. The van der Waals surface area contributed by atoms with Crippen molar-refractivity contribution in [2.45, 2.75) is 0 Å². The lowest BCUT2D eigenvalue weighted by atomic mass is 10.1. The molecule has 1 fully saturated rings. The van der Waals surface area contributed by atoms with Crippen molar-refractivity contribution >= 4 is 34.8 Å². The van der Waals surface area contributed by atoms with E-state index in [0.29, 0.717) is 12.0 Å². The Bertz CT molecular complexity index is 546. The normalized spacial score (nSPS) is 16.7. The smallest absolute Gasteiger partial charge is 0.265 e. The fourth-order valence-electron chi connectivity index (χ4n) is 1.57. The van der Waals surface area contributed by atoms with Crippen molar-refractivity contribution in [3.05, 3.63) is 29.3 Å². The van der Waals surface area contributed by atoms with Crippen LogP contribution < -0.4 is 16.7 Å². The molecule has 1 heterocycles. The molecule has 0 atom stereocenters. The number of aliphatic imine (C=N–C) groups is 1. The Kier molecular flexibility index (Phi) is 4.15. The quantitative estimate of drug-likeness (QED) is 0.317. The molecule has 0 spiro atoms. The first-order valence-electron chi connectivity index (χ1n) is 5.44. The number of carbonyl (C=O) groups is 2. The molecule has 2 rings (SSSR count). The second-order valence-corrected chi connectivity index (χ2v) is 4.71. The van der Waals surface area contributed by atoms with E-state index in [0.717, 1.165) is 11.0 Å². The molecule has 0 unspecified atom stereocenters. The highest BCUT2D eigenvalue weighted by Gasteiger charge is 2.15. The summed E-state index contributed by atoms with van der Waals surface area (Å²) in [6.45, 7) is 0. The molecule has 0 bridgehead atoms. The standard InChI is InChI=1S/C11H13N5O2S/c1-16-11(19-6-13-16)14-8-3-2-7(5-17)9(4-8)10(18)15-12/h2-5,13H,6,12H2,1H3,(H,15,18). The summed E-state index contributed by atoms with van der Waals surface area (Å²) >= 11 is 1.55. The summed E-state index contributed by atoms with van der Waals surface area (Å²) in [4.78, 5) is 26.9. The molecule has 1 aliphatic rings. The van der Waals surface area contributed by atoms with Crippen LogP contribution in [0.15, 0.2) is 23.2 Å². The van der Waals surface area contributed by atoms with Crippen LogP contribution in [-0.2, 0) is 0 Å². The Morgan fingerprint density at radius 1 is 1.63 bits per heavy atom. The molecule has 0 saturated carbocycles. The van der Waals surface area contributed by atoms with Crippen molar-refractivity contribution in [2.24, 2.45) is 10.8 Å². The second kappa shape index (κ2) is 5.83. The Balaban J connectivity index is 2.38. The van der Waals surface area contributed by atoms with Gasteiger partial charge >= 0.3 is 0 Å². The van der Waals surface area contributed by atoms with E-state index in [1.54, 1.807) is 28.9 Å². The zero-order chi connectivity index (χ0) is 13.8. The maximum absolute atomic E-state index is 11.6. The van der Waals surface area contributed by atoms with Crippen LogP contribution in [0.3, 0.4) is 0 Å². The molecule has 7 nitrogen and oxygen atoms in total. The molecule has 0 aliphatic carbocycles. The van der Waals surface area contributed by atoms with E-state index in [1.807, 2.05) is 12.5 Å². The zero-order valence-corrected chi connectivity index (χ0v) is 11.0. The van der Waals surface area contributed by atoms with Gasteiger partial charge in [-0.25, -0.2) is 16.3 Å². The molecule has 0 radical (unpaired) electrons. The van der Waals surface area contributed by atoms with Crippen LogP contribution in [0.25, 0.3) is 0 Å². The van der Waals surface area contributed by atoms with E-state index in [-0.39, 0.29) is 11.1 Å². The van der Waals surface area contributed by atoms with Crippen LogP contribution >= 0.6 is 11.8 Å². The summed E-state index contributed by atoms with van der Waals surface area (Å²) in [6, 6.07) is 4.76. The Morgan fingerprint density at radius 3 is 3.00 bits per heavy atom. The predicted octanol–water partition coefficient (Wildman–Crippen LogP) is 0.231. The van der Waals surface area contributed by atoms with E-state index in [4.69, 9.17) is 5.84 Å². The molecule has 1 aromatic rings. The van der Waals surface area contributed by atoms with Gasteiger partial charge in [0.15, 0.2) is 11.5 Å². The van der Waals surface area contributed by atoms with Crippen LogP contribution in [0.2, 0.25) is 0 Å². The molecule has 0 aromatic heterocycles. The van der Waals surface area contributed by atoms with Gasteiger partial charge in [0.05, 0.1) is 17.1 Å². The largest absolute Gasteiger partial charge is 0.298 e. The van der Waals surface area contributed by atoms with Gasteiger partial charge in [-0.3, -0.25) is 20.0 Å². The number of amidine groups is 1. The molecule has 1 amide bonds. The highest BCUT2D eigenvalue weighted by Crippen LogP contribution is 2.22. The number of amides is 1. The van der Waals surface area contributed by atoms with Crippen LogP contribution in [0, 0.1) is 0 Å². The fraction of sp³-hybridized carbons (Fsp3) is 0.182. The lowest BCUT2D eigenvalue weighted by Gasteiger charge is -2.10. The van der Waals surface area contributed by atoms with Gasteiger partial charge in [0.2, 0.25) is 0 Å². The third-order valence-corrected chi connectivity index (χ3v) is 3.45.